The van der Waals surface area contributed by atoms with Gasteiger partial charge in [0.25, 0.3) is 5.91 Å². The molecular weight excluding hydrogens is 340 g/mol. The molecule has 1 aliphatic heterocycles. The Bertz CT molecular complexity index is 484. The van der Waals surface area contributed by atoms with Crippen molar-refractivity contribution in [3.05, 3.63) is 28.2 Å². The summed E-state index contributed by atoms with van der Waals surface area (Å²) in [6.07, 6.45) is 0.0615. The SMILES string of the molecule is CCN1CCOC(CNC(=O)c2ccc(Br)cc2S)C1. The van der Waals surface area contributed by atoms with Gasteiger partial charge < -0.3 is 10.1 Å². The third-order valence-electron chi connectivity index (χ3n) is 3.36. The number of likely N-dealkylation sites (N-methyl/N-ethyl adjacent to an activating group) is 1. The number of carbonyl (C=O) groups excluding carboxylic acids is 1. The van der Waals surface area contributed by atoms with Crippen LogP contribution >= 0.6 is 28.6 Å². The lowest BCUT2D eigenvalue weighted by molar-refractivity contribution is -0.0246. The summed E-state index contributed by atoms with van der Waals surface area (Å²) >= 11 is 7.68. The molecule has 0 aromatic heterocycles. The maximum Gasteiger partial charge on any atom is 0.252 e. The maximum absolute atomic E-state index is 12.1. The lowest BCUT2D eigenvalue weighted by Gasteiger charge is -2.32. The van der Waals surface area contributed by atoms with E-state index < -0.39 is 0 Å². The lowest BCUT2D eigenvalue weighted by Crippen LogP contribution is -2.47. The summed E-state index contributed by atoms with van der Waals surface area (Å²) < 4.78 is 6.57. The first kappa shape index (κ1) is 15.8. The van der Waals surface area contributed by atoms with Gasteiger partial charge in [-0.1, -0.05) is 22.9 Å². The first-order valence-electron chi connectivity index (χ1n) is 6.70. The second-order valence-corrected chi connectivity index (χ2v) is 6.16. The van der Waals surface area contributed by atoms with Gasteiger partial charge in [0.05, 0.1) is 18.3 Å². The molecule has 6 heteroatoms. The first-order valence-corrected chi connectivity index (χ1v) is 7.95. The average molecular weight is 359 g/mol. The summed E-state index contributed by atoms with van der Waals surface area (Å²) in [6.45, 7) is 6.24. The van der Waals surface area contributed by atoms with E-state index in [4.69, 9.17) is 4.74 Å². The minimum atomic E-state index is -0.111. The number of morpholine rings is 1. The van der Waals surface area contributed by atoms with E-state index in [1.807, 2.05) is 12.1 Å². The maximum atomic E-state index is 12.1. The Hall–Kier alpha value is -0.560. The van der Waals surface area contributed by atoms with Crippen LogP contribution in [0.1, 0.15) is 17.3 Å². The minimum absolute atomic E-state index is 0.0615. The zero-order valence-electron chi connectivity index (χ0n) is 11.4. The molecule has 1 atom stereocenters. The largest absolute Gasteiger partial charge is 0.374 e. The van der Waals surface area contributed by atoms with Gasteiger partial charge in [-0.3, -0.25) is 9.69 Å². The highest BCUT2D eigenvalue weighted by Gasteiger charge is 2.20. The molecule has 1 amide bonds. The summed E-state index contributed by atoms with van der Waals surface area (Å²) in [7, 11) is 0. The van der Waals surface area contributed by atoms with Crippen LogP contribution in [0.2, 0.25) is 0 Å². The molecule has 4 nitrogen and oxygen atoms in total. The molecule has 1 aromatic carbocycles. The van der Waals surface area contributed by atoms with Gasteiger partial charge in [0.1, 0.15) is 0 Å². The second-order valence-electron chi connectivity index (χ2n) is 4.76. The van der Waals surface area contributed by atoms with Crippen LogP contribution in [0.5, 0.6) is 0 Å². The van der Waals surface area contributed by atoms with Crippen molar-refractivity contribution in [2.24, 2.45) is 0 Å². The van der Waals surface area contributed by atoms with E-state index in [9.17, 15) is 4.79 Å². The van der Waals surface area contributed by atoms with Crippen molar-refractivity contribution in [1.82, 2.24) is 10.2 Å². The number of hydrogen-bond acceptors (Lipinski definition) is 4. The fraction of sp³-hybridized carbons (Fsp3) is 0.500. The predicted octanol–water partition coefficient (Wildman–Crippen LogP) is 2.19. The highest BCUT2D eigenvalue weighted by molar-refractivity contribution is 9.10. The van der Waals surface area contributed by atoms with Crippen molar-refractivity contribution in [2.45, 2.75) is 17.9 Å². The Morgan fingerprint density at radius 1 is 1.60 bits per heavy atom. The molecule has 20 heavy (non-hydrogen) atoms. The number of carbonyl (C=O) groups is 1. The fourth-order valence-electron chi connectivity index (χ4n) is 2.19. The summed E-state index contributed by atoms with van der Waals surface area (Å²) in [4.78, 5) is 15.1. The van der Waals surface area contributed by atoms with Gasteiger partial charge in [-0.2, -0.15) is 0 Å². The zero-order chi connectivity index (χ0) is 14.5. The van der Waals surface area contributed by atoms with E-state index in [-0.39, 0.29) is 12.0 Å². The van der Waals surface area contributed by atoms with Crippen molar-refractivity contribution >= 4 is 34.5 Å². The third-order valence-corrected chi connectivity index (χ3v) is 4.23. The molecule has 0 spiro atoms. The van der Waals surface area contributed by atoms with E-state index in [1.54, 1.807) is 6.07 Å². The normalized spacial score (nSPS) is 19.9. The van der Waals surface area contributed by atoms with Crippen LogP contribution in [0.25, 0.3) is 0 Å². The smallest absolute Gasteiger partial charge is 0.252 e. The molecule has 2 rings (SSSR count). The Labute approximate surface area is 133 Å². The molecule has 1 heterocycles. The molecule has 0 saturated carbocycles. The highest BCUT2D eigenvalue weighted by atomic mass is 79.9. The number of nitrogens with zero attached hydrogens (tertiary/aromatic N) is 1. The van der Waals surface area contributed by atoms with Crippen LogP contribution in [0.15, 0.2) is 27.6 Å². The van der Waals surface area contributed by atoms with Crippen molar-refractivity contribution in [3.63, 3.8) is 0 Å². The van der Waals surface area contributed by atoms with Crippen molar-refractivity contribution in [3.8, 4) is 0 Å². The van der Waals surface area contributed by atoms with Gasteiger partial charge in [0.15, 0.2) is 0 Å². The van der Waals surface area contributed by atoms with Crippen LogP contribution in [0, 0.1) is 0 Å². The number of amides is 1. The molecule has 1 unspecified atom stereocenters. The lowest BCUT2D eigenvalue weighted by atomic mass is 10.2. The van der Waals surface area contributed by atoms with Crippen molar-refractivity contribution in [2.75, 3.05) is 32.8 Å². The monoisotopic (exact) mass is 358 g/mol. The van der Waals surface area contributed by atoms with Gasteiger partial charge in [0.2, 0.25) is 0 Å². The molecule has 0 bridgehead atoms. The van der Waals surface area contributed by atoms with Gasteiger partial charge in [-0.15, -0.1) is 12.6 Å². The fourth-order valence-corrected chi connectivity index (χ4v) is 3.04. The number of ether oxygens (including phenoxy) is 1. The molecular formula is C14H19BrN2O2S. The van der Waals surface area contributed by atoms with Crippen molar-refractivity contribution < 1.29 is 9.53 Å². The molecule has 1 N–H and O–H groups in total. The van der Waals surface area contributed by atoms with Gasteiger partial charge >= 0.3 is 0 Å². The van der Waals surface area contributed by atoms with Gasteiger partial charge in [-0.05, 0) is 24.7 Å². The molecule has 0 radical (unpaired) electrons. The molecule has 110 valence electrons. The number of rotatable bonds is 4. The van der Waals surface area contributed by atoms with Crippen LogP contribution < -0.4 is 5.32 Å². The Kier molecular flexibility index (Phi) is 5.89. The van der Waals surface area contributed by atoms with Gasteiger partial charge in [0, 0.05) is 29.0 Å². The van der Waals surface area contributed by atoms with E-state index >= 15 is 0 Å². The van der Waals surface area contributed by atoms with Crippen molar-refractivity contribution in [1.29, 1.82) is 0 Å². The summed E-state index contributed by atoms with van der Waals surface area (Å²) in [5, 5.41) is 2.92. The number of halogens is 1. The van der Waals surface area contributed by atoms with E-state index in [0.29, 0.717) is 17.0 Å². The number of thiol groups is 1. The zero-order valence-corrected chi connectivity index (χ0v) is 13.9. The van der Waals surface area contributed by atoms with E-state index in [0.717, 1.165) is 30.7 Å². The molecule has 1 fully saturated rings. The molecule has 0 aliphatic carbocycles. The summed E-state index contributed by atoms with van der Waals surface area (Å²) in [5.41, 5.74) is 0.583. The van der Waals surface area contributed by atoms with E-state index in [1.165, 1.54) is 0 Å². The van der Waals surface area contributed by atoms with Gasteiger partial charge in [-0.25, -0.2) is 0 Å². The average Bonchev–Trinajstić information content (AvgIpc) is 2.45. The second kappa shape index (κ2) is 7.45. The Balaban J connectivity index is 1.88. The number of hydrogen-bond donors (Lipinski definition) is 2. The topological polar surface area (TPSA) is 41.6 Å². The molecule has 1 aliphatic rings. The standard InChI is InChI=1S/C14H19BrN2O2S/c1-2-17-5-6-19-11(9-17)8-16-14(18)12-4-3-10(15)7-13(12)20/h3-4,7,11,20H,2,5-6,8-9H2,1H3,(H,16,18). The summed E-state index contributed by atoms with van der Waals surface area (Å²) in [6, 6.07) is 5.42. The van der Waals surface area contributed by atoms with Crippen LogP contribution in [0.4, 0.5) is 0 Å². The quantitative estimate of drug-likeness (QED) is 0.810. The first-order chi connectivity index (χ1) is 9.60. The highest BCUT2D eigenvalue weighted by Crippen LogP contribution is 2.19. The molecule has 1 saturated heterocycles. The number of benzene rings is 1. The van der Waals surface area contributed by atoms with Crippen LogP contribution in [-0.4, -0.2) is 49.7 Å². The number of nitrogens with one attached hydrogen (secondary N) is 1. The Morgan fingerprint density at radius 2 is 2.40 bits per heavy atom. The minimum Gasteiger partial charge on any atom is -0.374 e. The van der Waals surface area contributed by atoms with E-state index in [2.05, 4.69) is 45.7 Å². The Morgan fingerprint density at radius 3 is 3.10 bits per heavy atom. The predicted molar refractivity (Wildman–Crippen MR) is 85.6 cm³/mol. The summed E-state index contributed by atoms with van der Waals surface area (Å²) in [5.74, 6) is -0.111. The molecule has 1 aromatic rings. The third kappa shape index (κ3) is 4.22. The van der Waals surface area contributed by atoms with Crippen LogP contribution in [-0.2, 0) is 4.74 Å². The van der Waals surface area contributed by atoms with Crippen LogP contribution in [0.3, 0.4) is 0 Å².